The summed E-state index contributed by atoms with van der Waals surface area (Å²) >= 11 is 6.04. The van der Waals surface area contributed by atoms with Crippen LogP contribution in [0.4, 0.5) is 11.5 Å². The maximum atomic E-state index is 12.8. The summed E-state index contributed by atoms with van der Waals surface area (Å²) in [4.78, 5) is 17.3. The molecule has 3 N–H and O–H groups in total. The van der Waals surface area contributed by atoms with Crippen LogP contribution in [0.2, 0.25) is 5.02 Å². The van der Waals surface area contributed by atoms with Crippen LogP contribution in [0.3, 0.4) is 0 Å². The third-order valence-corrected chi connectivity index (χ3v) is 5.33. The molecule has 1 amide bonds. The number of carbonyl (C=O) groups is 1. The molecule has 4 aromatic rings. The highest BCUT2D eigenvalue weighted by atomic mass is 35.5. The Balaban J connectivity index is 1.53. The first kappa shape index (κ1) is 21.6. The molecule has 0 radical (unpaired) electrons. The topological polar surface area (TPSA) is 79.2 Å². The lowest BCUT2D eigenvalue weighted by atomic mass is 10.1. The summed E-state index contributed by atoms with van der Waals surface area (Å²) in [6.07, 6.45) is 5.38. The van der Waals surface area contributed by atoms with Crippen molar-refractivity contribution in [1.29, 1.82) is 0 Å². The van der Waals surface area contributed by atoms with Crippen LogP contribution in [0.5, 0.6) is 0 Å². The molecule has 4 rings (SSSR count). The van der Waals surface area contributed by atoms with Crippen LogP contribution in [0, 0.1) is 6.92 Å². The summed E-state index contributed by atoms with van der Waals surface area (Å²) in [7, 11) is 0. The molecule has 0 fully saturated rings. The van der Waals surface area contributed by atoms with Gasteiger partial charge >= 0.3 is 0 Å². The second-order valence-electron chi connectivity index (χ2n) is 7.42. The quantitative estimate of drug-likeness (QED) is 0.371. The van der Waals surface area contributed by atoms with Gasteiger partial charge in [0.2, 0.25) is 0 Å². The van der Waals surface area contributed by atoms with Gasteiger partial charge in [-0.25, -0.2) is 4.98 Å². The van der Waals surface area contributed by atoms with E-state index in [-0.39, 0.29) is 12.5 Å². The average molecular weight is 447 g/mol. The Bertz CT molecular complexity index is 1220. The zero-order valence-electron chi connectivity index (χ0n) is 17.5. The summed E-state index contributed by atoms with van der Waals surface area (Å²) in [6.45, 7) is 1.74. The highest BCUT2D eigenvalue weighted by molar-refractivity contribution is 6.30. The minimum atomic E-state index is -0.547. The van der Waals surface area contributed by atoms with Gasteiger partial charge in [0.25, 0.3) is 5.91 Å². The number of nitrogens with one attached hydrogen (secondary N) is 2. The molecule has 162 valence electrons. The molecule has 0 saturated heterocycles. The van der Waals surface area contributed by atoms with E-state index in [0.717, 1.165) is 22.5 Å². The van der Waals surface area contributed by atoms with Crippen molar-refractivity contribution < 1.29 is 9.90 Å². The monoisotopic (exact) mass is 446 g/mol. The van der Waals surface area contributed by atoms with Gasteiger partial charge in [-0.2, -0.15) is 0 Å². The number of anilines is 2. The first-order chi connectivity index (χ1) is 15.5. The minimum Gasteiger partial charge on any atom is -0.394 e. The lowest BCUT2D eigenvalue weighted by Crippen LogP contribution is -2.30. The SMILES string of the molecule is Cc1cnc(Nc2ccccc2)cc1-n1ccc(C(=O)NC(CO)c2cccc(Cl)c2)c1. The van der Waals surface area contributed by atoms with Crippen molar-refractivity contribution in [3.63, 3.8) is 0 Å². The number of para-hydroxylation sites is 1. The molecule has 6 nitrogen and oxygen atoms in total. The van der Waals surface area contributed by atoms with Gasteiger partial charge in [0.1, 0.15) is 5.82 Å². The molecule has 0 aliphatic carbocycles. The maximum absolute atomic E-state index is 12.8. The predicted octanol–water partition coefficient (Wildman–Crippen LogP) is 5.04. The van der Waals surface area contributed by atoms with E-state index in [1.165, 1.54) is 0 Å². The molecule has 0 bridgehead atoms. The van der Waals surface area contributed by atoms with Crippen LogP contribution in [-0.2, 0) is 0 Å². The Kier molecular flexibility index (Phi) is 6.54. The molecule has 2 aromatic heterocycles. The number of aromatic nitrogens is 2. The van der Waals surface area contributed by atoms with E-state index in [1.54, 1.807) is 36.7 Å². The van der Waals surface area contributed by atoms with E-state index in [4.69, 9.17) is 11.6 Å². The second-order valence-corrected chi connectivity index (χ2v) is 7.85. The number of rotatable bonds is 7. The highest BCUT2D eigenvalue weighted by Gasteiger charge is 2.17. The summed E-state index contributed by atoms with van der Waals surface area (Å²) in [5.41, 5.74) is 4.05. The molecule has 1 unspecified atom stereocenters. The van der Waals surface area contributed by atoms with Gasteiger partial charge in [-0.3, -0.25) is 4.79 Å². The zero-order valence-corrected chi connectivity index (χ0v) is 18.3. The molecule has 0 spiro atoms. The third kappa shape index (κ3) is 4.99. The lowest BCUT2D eigenvalue weighted by Gasteiger charge is -2.16. The molecule has 32 heavy (non-hydrogen) atoms. The number of amides is 1. The Hall–Kier alpha value is -3.61. The fourth-order valence-electron chi connectivity index (χ4n) is 3.41. The Morgan fingerprint density at radius 1 is 1.12 bits per heavy atom. The van der Waals surface area contributed by atoms with Crippen molar-refractivity contribution in [1.82, 2.24) is 14.9 Å². The Labute approximate surface area is 191 Å². The summed E-state index contributed by atoms with van der Waals surface area (Å²) in [5.74, 6) is 0.426. The minimum absolute atomic E-state index is 0.231. The number of carbonyl (C=O) groups excluding carboxylic acids is 1. The highest BCUT2D eigenvalue weighted by Crippen LogP contribution is 2.22. The van der Waals surface area contributed by atoms with E-state index in [1.807, 2.05) is 60.2 Å². The van der Waals surface area contributed by atoms with Crippen molar-refractivity contribution in [2.75, 3.05) is 11.9 Å². The van der Waals surface area contributed by atoms with Crippen LogP contribution in [0.25, 0.3) is 5.69 Å². The number of benzene rings is 2. The summed E-state index contributed by atoms with van der Waals surface area (Å²) in [6, 6.07) is 20.0. The van der Waals surface area contributed by atoms with E-state index in [9.17, 15) is 9.90 Å². The normalized spacial score (nSPS) is 11.7. The molecule has 0 saturated carbocycles. The molecular formula is C25H23ClN4O2. The number of hydrogen-bond acceptors (Lipinski definition) is 4. The van der Waals surface area contributed by atoms with E-state index in [2.05, 4.69) is 15.6 Å². The number of halogens is 1. The van der Waals surface area contributed by atoms with Crippen LogP contribution in [0.1, 0.15) is 27.5 Å². The molecule has 1 atom stereocenters. The molecule has 0 aliphatic rings. The van der Waals surface area contributed by atoms with Gasteiger partial charge in [-0.15, -0.1) is 0 Å². The van der Waals surface area contributed by atoms with Gasteiger partial charge in [0.15, 0.2) is 0 Å². The largest absolute Gasteiger partial charge is 0.394 e. The fraction of sp³-hybridized carbons (Fsp3) is 0.120. The molecule has 7 heteroatoms. The average Bonchev–Trinajstić information content (AvgIpc) is 3.29. The predicted molar refractivity (Wildman–Crippen MR) is 127 cm³/mol. The van der Waals surface area contributed by atoms with E-state index >= 15 is 0 Å². The second kappa shape index (κ2) is 9.68. The standard InChI is InChI=1S/C25H23ClN4O2/c1-17-14-27-24(28-21-8-3-2-4-9-21)13-23(17)30-11-10-19(15-30)25(32)29-22(16-31)18-6-5-7-20(26)12-18/h2-15,22,31H,16H2,1H3,(H,27,28)(H,29,32). The molecular weight excluding hydrogens is 424 g/mol. The number of nitrogens with zero attached hydrogens (tertiary/aromatic N) is 2. The van der Waals surface area contributed by atoms with Gasteiger partial charge in [-0.05, 0) is 48.4 Å². The summed E-state index contributed by atoms with van der Waals surface area (Å²) < 4.78 is 1.88. The van der Waals surface area contributed by atoms with Crippen LogP contribution < -0.4 is 10.6 Å². The van der Waals surface area contributed by atoms with Crippen LogP contribution in [-0.4, -0.2) is 27.2 Å². The maximum Gasteiger partial charge on any atom is 0.253 e. The number of pyridine rings is 1. The first-order valence-electron chi connectivity index (χ1n) is 10.2. The van der Waals surface area contributed by atoms with Crippen LogP contribution in [0.15, 0.2) is 85.3 Å². The van der Waals surface area contributed by atoms with Crippen molar-refractivity contribution in [3.8, 4) is 5.69 Å². The number of aliphatic hydroxyl groups excluding tert-OH is 1. The van der Waals surface area contributed by atoms with Gasteiger partial charge in [0.05, 0.1) is 23.9 Å². The third-order valence-electron chi connectivity index (χ3n) is 5.09. The Morgan fingerprint density at radius 3 is 2.69 bits per heavy atom. The fourth-order valence-corrected chi connectivity index (χ4v) is 3.61. The van der Waals surface area contributed by atoms with Gasteiger partial charge in [0, 0.05) is 35.4 Å². The van der Waals surface area contributed by atoms with Gasteiger partial charge in [-0.1, -0.05) is 41.9 Å². The number of aliphatic hydroxyl groups is 1. The van der Waals surface area contributed by atoms with Crippen molar-refractivity contribution in [3.05, 3.63) is 107 Å². The molecule has 2 heterocycles. The van der Waals surface area contributed by atoms with Crippen LogP contribution >= 0.6 is 11.6 Å². The van der Waals surface area contributed by atoms with E-state index in [0.29, 0.717) is 16.4 Å². The van der Waals surface area contributed by atoms with E-state index < -0.39 is 6.04 Å². The van der Waals surface area contributed by atoms with Gasteiger partial charge < -0.3 is 20.3 Å². The first-order valence-corrected chi connectivity index (χ1v) is 10.6. The Morgan fingerprint density at radius 2 is 1.94 bits per heavy atom. The number of hydrogen-bond donors (Lipinski definition) is 3. The smallest absolute Gasteiger partial charge is 0.253 e. The lowest BCUT2D eigenvalue weighted by molar-refractivity contribution is 0.0916. The number of aryl methyl sites for hydroxylation is 1. The van der Waals surface area contributed by atoms with Crippen molar-refractivity contribution >= 4 is 29.0 Å². The summed E-state index contributed by atoms with van der Waals surface area (Å²) in [5, 5.41) is 16.5. The molecule has 0 aliphatic heterocycles. The van der Waals surface area contributed by atoms with Crippen molar-refractivity contribution in [2.24, 2.45) is 0 Å². The molecule has 2 aromatic carbocycles. The van der Waals surface area contributed by atoms with Crippen molar-refractivity contribution in [2.45, 2.75) is 13.0 Å². The zero-order chi connectivity index (χ0) is 22.5.